The Hall–Kier alpha value is -10.4. The van der Waals surface area contributed by atoms with Crippen molar-refractivity contribution in [2.24, 2.45) is 0 Å². The maximum absolute atomic E-state index is 5.14. The number of hydrogen-bond donors (Lipinski definition) is 0. The first-order valence-electron chi connectivity index (χ1n) is 29.3. The van der Waals surface area contributed by atoms with Crippen LogP contribution >= 0.6 is 114 Å². The van der Waals surface area contributed by atoms with Gasteiger partial charge in [-0.25, -0.2) is 0 Å². The molecular weight excluding hydrogens is 1430 g/mol. The first-order valence-corrected chi connectivity index (χ1v) is 45.0. The van der Waals surface area contributed by atoms with Crippen molar-refractivity contribution in [3.8, 4) is 204 Å². The van der Waals surface area contributed by atoms with Crippen molar-refractivity contribution in [2.75, 3.05) is 5.75 Å². The van der Waals surface area contributed by atoms with Crippen LogP contribution in [0.2, 0.25) is 39.3 Å². The molecule has 0 radical (unpaired) electrons. The van der Waals surface area contributed by atoms with E-state index in [1.54, 1.807) is 86.7 Å². The predicted octanol–water partition coefficient (Wildman–Crippen LogP) is 22.0. The quantitative estimate of drug-likeness (QED) is 0.0944. The lowest BCUT2D eigenvalue weighted by Crippen LogP contribution is -2.16. The maximum Gasteiger partial charge on any atom is 0.129 e. The molecule has 0 amide bonds. The van der Waals surface area contributed by atoms with Crippen LogP contribution in [0.15, 0.2) is 167 Å². The Morgan fingerprint density at radius 3 is 1.29 bits per heavy atom. The van der Waals surface area contributed by atoms with Crippen LogP contribution < -0.4 is 0 Å². The lowest BCUT2D eigenvalue weighted by Gasteiger charge is -2.02. The lowest BCUT2D eigenvalue weighted by molar-refractivity contribution is 1.54. The van der Waals surface area contributed by atoms with Crippen molar-refractivity contribution >= 4 is 130 Å². The van der Waals surface area contributed by atoms with E-state index in [9.17, 15) is 0 Å². The molecule has 0 nitrogen and oxygen atoms in total. The summed E-state index contributed by atoms with van der Waals surface area (Å²) in [5, 5.41) is 14.5. The van der Waals surface area contributed by atoms with E-state index < -0.39 is 16.1 Å². The molecule has 0 atom stereocenters. The highest BCUT2D eigenvalue weighted by Gasteiger charge is 2.09. The Labute approximate surface area is 641 Å². The number of thioether (sulfide) groups is 1. The van der Waals surface area contributed by atoms with E-state index in [1.807, 2.05) is 137 Å². The Bertz CT molecular complexity index is 4760. The average Bonchev–Trinajstić information content (AvgIpc) is 1.83. The zero-order valence-electron chi connectivity index (χ0n) is 56.9. The molecule has 488 valence electrons. The van der Waals surface area contributed by atoms with E-state index in [-0.39, 0.29) is 0 Å². The smallest absolute Gasteiger partial charge is 0.129 e. The molecule has 0 aliphatic heterocycles. The fourth-order valence-corrected chi connectivity index (χ4v) is 13.2. The average molecular weight is 1500 g/mol. The largest absolute Gasteiger partial charge is 0.150 e. The molecule has 0 aromatic carbocycles. The number of allylic oxidation sites excluding steroid dienone is 6. The van der Waals surface area contributed by atoms with Gasteiger partial charge in [0.1, 0.15) is 16.1 Å². The molecule has 9 aromatic heterocycles. The van der Waals surface area contributed by atoms with Crippen LogP contribution in [0, 0.1) is 204 Å². The monoisotopic (exact) mass is 1500 g/mol. The van der Waals surface area contributed by atoms with Gasteiger partial charge in [0.15, 0.2) is 0 Å². The van der Waals surface area contributed by atoms with Crippen molar-refractivity contribution < 1.29 is 0 Å². The zero-order valence-corrected chi connectivity index (χ0v) is 67.1. The molecule has 9 rings (SSSR count). The summed E-state index contributed by atoms with van der Waals surface area (Å²) in [4.78, 5) is 12.1. The first kappa shape index (κ1) is 87.6. The summed E-state index contributed by atoms with van der Waals surface area (Å²) in [5.74, 6) is 61.8. The van der Waals surface area contributed by atoms with Gasteiger partial charge in [-0.05, 0) is 150 Å². The standard InChI is InChI=1S/C14H20SSi2.2C13H10S.C8H8S2.5C8H4S/c1-16(2,3)11-9-13-7-8-14(15-13)10-12-17(4,5)6;1-3-5-6-7-9-13-11-10-12(14-13)8-4-2;1-3-5-7-9-13-11-10-12(14-13)8-6-4-2;1-2-9-7-5-8-4-3-6-10-8;1-3-7-5-9-6-8(7)4-2;1-3-7-5-8(4-2)9-6-7;1-3-7-5-6-9-8(7)4-2;1-3-7-5-6-8(4-2)9-7;1-2-3-5-8-6-4-7-9-8/h7-8H,1-6H3;3,5-6,10-11H,1H2,2H3;3-5,10-11H,2H2,1H3;3-4,6H,2H2,1H3;4*1-2,5-6H;1,4,6-7H. The summed E-state index contributed by atoms with van der Waals surface area (Å²) in [7, 11) is -2.53. The molecule has 100 heavy (non-hydrogen) atoms. The molecule has 9 heterocycles. The van der Waals surface area contributed by atoms with Gasteiger partial charge in [-0.3, -0.25) is 0 Å². The molecule has 0 unspecified atom stereocenters. The summed E-state index contributed by atoms with van der Waals surface area (Å²) in [6, 6.07) is 27.4. The fourth-order valence-electron chi connectivity index (χ4n) is 5.58. The second-order valence-corrected chi connectivity index (χ2v) is 39.2. The normalized spacial score (nSPS) is 8.60. The minimum absolute atomic E-state index is 0.822. The van der Waals surface area contributed by atoms with Crippen molar-refractivity contribution in [3.05, 3.63) is 248 Å². The summed E-state index contributed by atoms with van der Waals surface area (Å²) >= 11 is 15.8. The third-order valence-corrected chi connectivity index (χ3v) is 19.9. The number of terminal acetylenes is 9. The van der Waals surface area contributed by atoms with Crippen LogP contribution in [-0.4, -0.2) is 21.9 Å². The fraction of sp³-hybridized carbons (Fsp3) is 0.114. The van der Waals surface area contributed by atoms with Crippen LogP contribution in [0.4, 0.5) is 0 Å². The van der Waals surface area contributed by atoms with Crippen LogP contribution in [0.1, 0.15) is 102 Å². The van der Waals surface area contributed by atoms with Gasteiger partial charge in [-0.15, -0.1) is 177 Å². The molecular formula is C88H68S10Si2. The molecule has 0 spiro atoms. The third-order valence-electron chi connectivity index (χ3n) is 9.86. The molecule has 12 heteroatoms. The minimum atomic E-state index is -1.26. The Kier molecular flexibility index (Phi) is 47.8. The predicted molar refractivity (Wildman–Crippen MR) is 461 cm³/mol. The number of hydrogen-bond acceptors (Lipinski definition) is 10. The van der Waals surface area contributed by atoms with E-state index in [1.165, 1.54) is 45.3 Å². The van der Waals surface area contributed by atoms with E-state index in [0.29, 0.717) is 0 Å². The molecule has 0 bridgehead atoms. The van der Waals surface area contributed by atoms with E-state index >= 15 is 0 Å². The van der Waals surface area contributed by atoms with Gasteiger partial charge in [-0.1, -0.05) is 202 Å². The van der Waals surface area contributed by atoms with Crippen LogP contribution in [0.5, 0.6) is 0 Å². The molecule has 0 fully saturated rings. The molecule has 9 aromatic rings. The molecule has 0 saturated heterocycles. The minimum Gasteiger partial charge on any atom is -0.150 e. The van der Waals surface area contributed by atoms with Gasteiger partial charge in [0.2, 0.25) is 0 Å². The van der Waals surface area contributed by atoms with Gasteiger partial charge < -0.3 is 0 Å². The highest BCUT2D eigenvalue weighted by molar-refractivity contribution is 8.03. The molecule has 0 aliphatic carbocycles. The van der Waals surface area contributed by atoms with Gasteiger partial charge in [-0.2, -0.15) is 0 Å². The third kappa shape index (κ3) is 43.0. The highest BCUT2D eigenvalue weighted by Crippen LogP contribution is 2.19. The lowest BCUT2D eigenvalue weighted by atomic mass is 10.2. The summed E-state index contributed by atoms with van der Waals surface area (Å²) in [6.07, 6.45) is 56.5. The highest BCUT2D eigenvalue weighted by atomic mass is 32.2. The number of thiophene rings is 9. The van der Waals surface area contributed by atoms with Gasteiger partial charge >= 0.3 is 0 Å². The second-order valence-electron chi connectivity index (χ2n) is 19.9. The Balaban J connectivity index is 0.000000568. The van der Waals surface area contributed by atoms with Gasteiger partial charge in [0.05, 0.1) is 75.2 Å². The summed E-state index contributed by atoms with van der Waals surface area (Å²) in [6.45, 7) is 26.6. The van der Waals surface area contributed by atoms with Crippen molar-refractivity contribution in [2.45, 2.75) is 60.1 Å². The molecule has 0 N–H and O–H groups in total. The van der Waals surface area contributed by atoms with Gasteiger partial charge in [0, 0.05) is 27.5 Å². The molecule has 0 aliphatic rings. The van der Waals surface area contributed by atoms with Crippen molar-refractivity contribution in [3.63, 3.8) is 0 Å². The Morgan fingerprint density at radius 1 is 0.450 bits per heavy atom. The second kappa shape index (κ2) is 54.6. The van der Waals surface area contributed by atoms with E-state index in [4.69, 9.17) is 57.8 Å². The summed E-state index contributed by atoms with van der Waals surface area (Å²) < 4.78 is 0. The zero-order chi connectivity index (χ0) is 74.1. The van der Waals surface area contributed by atoms with Crippen molar-refractivity contribution in [1.29, 1.82) is 0 Å². The molecule has 0 saturated carbocycles. The first-order chi connectivity index (χ1) is 48.2. The number of rotatable bonds is 2. The SMILES string of the molecule is C#CC#Cc1cccs1.C#Cc1ccc(C#C)s1.C#Cc1ccsc1C#C.C#Cc1csc(C#C)c1.C#Cc1cscc1C#C.C=CC#Cc1ccc(C#CC=CC)s1.C=CC=CC#Cc1ccc(C#CC)s1.CCSC#Cc1cccs1.C[Si](C)(C)C#Cc1ccc(C#C[Si](C)(C)C)s1. The van der Waals surface area contributed by atoms with Crippen LogP contribution in [0.3, 0.4) is 0 Å². The van der Waals surface area contributed by atoms with Gasteiger partial charge in [0.25, 0.3) is 0 Å². The Morgan fingerprint density at radius 2 is 0.920 bits per heavy atom. The maximum atomic E-state index is 5.14. The van der Waals surface area contributed by atoms with E-state index in [0.717, 1.165) is 86.5 Å². The van der Waals surface area contributed by atoms with Crippen LogP contribution in [0.25, 0.3) is 0 Å². The van der Waals surface area contributed by atoms with E-state index in [2.05, 4.69) is 218 Å². The van der Waals surface area contributed by atoms with Crippen LogP contribution in [-0.2, 0) is 0 Å². The topological polar surface area (TPSA) is 0 Å². The van der Waals surface area contributed by atoms with Crippen molar-refractivity contribution in [1.82, 2.24) is 0 Å². The summed E-state index contributed by atoms with van der Waals surface area (Å²) in [5.41, 5.74) is 10.1.